The number of halogens is 1. The van der Waals surface area contributed by atoms with E-state index in [9.17, 15) is 9.59 Å². The second kappa shape index (κ2) is 6.53. The topological polar surface area (TPSA) is 66.9 Å². The maximum absolute atomic E-state index is 12.5. The summed E-state index contributed by atoms with van der Waals surface area (Å²) in [6.45, 7) is 0.659. The summed E-state index contributed by atoms with van der Waals surface area (Å²) in [6, 6.07) is 10.9. The van der Waals surface area contributed by atoms with E-state index >= 15 is 0 Å². The first-order valence-corrected chi connectivity index (χ1v) is 8.07. The molecule has 1 atom stereocenters. The summed E-state index contributed by atoms with van der Waals surface area (Å²) in [5.41, 5.74) is 1.73. The van der Waals surface area contributed by atoms with Crippen molar-refractivity contribution in [3.8, 4) is 0 Å². The maximum atomic E-state index is 12.5. The number of carbonyl (C=O) groups excluding carboxylic acids is 2. The Morgan fingerprint density at radius 3 is 2.50 bits per heavy atom. The molecule has 2 aromatic rings. The molecule has 5 nitrogen and oxygen atoms in total. The molecule has 0 saturated carbocycles. The van der Waals surface area contributed by atoms with Gasteiger partial charge in [0.15, 0.2) is 6.04 Å². The van der Waals surface area contributed by atoms with E-state index < -0.39 is 0 Å². The number of nitrogens with zero attached hydrogens (tertiary/aromatic N) is 2. The number of amides is 2. The molecule has 22 heavy (non-hydrogen) atoms. The van der Waals surface area contributed by atoms with Gasteiger partial charge in [-0.15, -0.1) is 0 Å². The summed E-state index contributed by atoms with van der Waals surface area (Å²) >= 11 is 2.19. The number of quaternary nitrogens is 1. The van der Waals surface area contributed by atoms with Crippen molar-refractivity contribution in [3.05, 3.63) is 57.9 Å². The van der Waals surface area contributed by atoms with E-state index in [4.69, 9.17) is 0 Å². The molecular formula is C16H15IN3O2+. The minimum absolute atomic E-state index is 0.137. The number of nitrogens with two attached hydrogens (primary N) is 1. The van der Waals surface area contributed by atoms with Crippen molar-refractivity contribution in [1.82, 2.24) is 4.98 Å². The van der Waals surface area contributed by atoms with Crippen LogP contribution in [0.2, 0.25) is 0 Å². The van der Waals surface area contributed by atoms with Gasteiger partial charge in [-0.2, -0.15) is 0 Å². The molecule has 112 valence electrons. The fourth-order valence-electron chi connectivity index (χ4n) is 2.50. The molecule has 0 aliphatic carbocycles. The van der Waals surface area contributed by atoms with Gasteiger partial charge in [0.2, 0.25) is 5.91 Å². The lowest BCUT2D eigenvalue weighted by molar-refractivity contribution is -0.690. The number of carbonyl (C=O) groups is 2. The predicted molar refractivity (Wildman–Crippen MR) is 89.9 cm³/mol. The van der Waals surface area contributed by atoms with E-state index in [1.54, 1.807) is 12.4 Å². The molecule has 2 amide bonds. The minimum atomic E-state index is -0.347. The maximum Gasteiger partial charge on any atom is 0.292 e. The van der Waals surface area contributed by atoms with Crippen molar-refractivity contribution in [2.75, 3.05) is 4.90 Å². The third-order valence-corrected chi connectivity index (χ3v) is 4.37. The van der Waals surface area contributed by atoms with Crippen LogP contribution in [-0.4, -0.2) is 22.8 Å². The lowest BCUT2D eigenvalue weighted by Crippen LogP contribution is -2.90. The van der Waals surface area contributed by atoms with Gasteiger partial charge in [0.1, 0.15) is 6.54 Å². The Morgan fingerprint density at radius 2 is 1.82 bits per heavy atom. The summed E-state index contributed by atoms with van der Waals surface area (Å²) in [4.78, 5) is 29.9. The Balaban J connectivity index is 1.70. The fourth-order valence-corrected chi connectivity index (χ4v) is 2.86. The van der Waals surface area contributed by atoms with Gasteiger partial charge in [0, 0.05) is 21.5 Å². The van der Waals surface area contributed by atoms with Gasteiger partial charge in [-0.05, 0) is 59.0 Å². The van der Waals surface area contributed by atoms with Crippen molar-refractivity contribution in [3.63, 3.8) is 0 Å². The monoisotopic (exact) mass is 408 g/mol. The van der Waals surface area contributed by atoms with Gasteiger partial charge in [-0.1, -0.05) is 0 Å². The third kappa shape index (κ3) is 3.17. The molecule has 6 heteroatoms. The molecule has 0 radical (unpaired) electrons. The molecule has 2 heterocycles. The lowest BCUT2D eigenvalue weighted by atomic mass is 10.2. The quantitative estimate of drug-likeness (QED) is 0.609. The third-order valence-electron chi connectivity index (χ3n) is 3.65. The zero-order valence-corrected chi connectivity index (χ0v) is 13.9. The molecule has 1 aliphatic rings. The number of benzene rings is 1. The summed E-state index contributed by atoms with van der Waals surface area (Å²) in [7, 11) is 0. The summed E-state index contributed by atoms with van der Waals surface area (Å²) in [5.74, 6) is -0.276. The number of hydrogen-bond acceptors (Lipinski definition) is 3. The van der Waals surface area contributed by atoms with Gasteiger partial charge >= 0.3 is 0 Å². The Hall–Kier alpha value is -1.80. The summed E-state index contributed by atoms with van der Waals surface area (Å²) in [6.07, 6.45) is 3.70. The number of imide groups is 1. The predicted octanol–water partition coefficient (Wildman–Crippen LogP) is 1.08. The zero-order chi connectivity index (χ0) is 15.5. The van der Waals surface area contributed by atoms with E-state index in [0.717, 1.165) is 9.13 Å². The first-order chi connectivity index (χ1) is 10.6. The van der Waals surface area contributed by atoms with Crippen LogP contribution in [0.5, 0.6) is 0 Å². The van der Waals surface area contributed by atoms with Crippen LogP contribution in [-0.2, 0) is 16.1 Å². The van der Waals surface area contributed by atoms with Crippen molar-refractivity contribution < 1.29 is 14.9 Å². The van der Waals surface area contributed by atoms with Gasteiger partial charge in [0.25, 0.3) is 5.91 Å². The van der Waals surface area contributed by atoms with Crippen molar-refractivity contribution in [1.29, 1.82) is 0 Å². The second-order valence-electron chi connectivity index (χ2n) is 5.15. The molecule has 2 N–H and O–H groups in total. The molecule has 0 spiro atoms. The molecule has 0 unspecified atom stereocenters. The molecule has 1 saturated heterocycles. The number of pyridine rings is 1. The Bertz CT molecular complexity index is 688. The normalized spacial score (nSPS) is 18.0. The standard InChI is InChI=1S/C16H14IN3O2/c17-12-1-3-13(4-2-12)20-15(21)9-14(16(20)22)19-10-11-5-7-18-8-6-11/h1-8,14,19H,9-10H2/p+1/t14-/m0/s1. The van der Waals surface area contributed by atoms with Crippen LogP contribution in [0.3, 0.4) is 0 Å². The molecule has 1 aliphatic heterocycles. The van der Waals surface area contributed by atoms with Crippen LogP contribution >= 0.6 is 22.6 Å². The molecule has 0 bridgehead atoms. The number of anilines is 1. The molecule has 3 rings (SSSR count). The highest BCUT2D eigenvalue weighted by atomic mass is 127. The Kier molecular flexibility index (Phi) is 4.49. The van der Waals surface area contributed by atoms with Gasteiger partial charge in [-0.25, -0.2) is 4.90 Å². The fraction of sp³-hybridized carbons (Fsp3) is 0.188. The van der Waals surface area contributed by atoms with Crippen LogP contribution in [0.25, 0.3) is 0 Å². The first-order valence-electron chi connectivity index (χ1n) is 7.00. The second-order valence-corrected chi connectivity index (χ2v) is 6.40. The van der Waals surface area contributed by atoms with E-state index in [1.165, 1.54) is 4.90 Å². The largest absolute Gasteiger partial charge is 0.332 e. The Labute approximate surface area is 141 Å². The minimum Gasteiger partial charge on any atom is -0.332 e. The SMILES string of the molecule is O=C1C[C@H]([NH2+]Cc2ccncc2)C(=O)N1c1ccc(I)cc1. The van der Waals surface area contributed by atoms with E-state index in [1.807, 2.05) is 41.7 Å². The number of hydrogen-bond donors (Lipinski definition) is 1. The van der Waals surface area contributed by atoms with Crippen molar-refractivity contribution in [2.24, 2.45) is 0 Å². The zero-order valence-electron chi connectivity index (χ0n) is 11.8. The van der Waals surface area contributed by atoms with Gasteiger partial charge < -0.3 is 5.32 Å². The molecule has 1 aromatic heterocycles. The highest BCUT2D eigenvalue weighted by molar-refractivity contribution is 14.1. The van der Waals surface area contributed by atoms with E-state index in [0.29, 0.717) is 12.2 Å². The number of aromatic nitrogens is 1. The van der Waals surface area contributed by atoms with Crippen LogP contribution in [0, 0.1) is 3.57 Å². The average Bonchev–Trinajstić information content (AvgIpc) is 2.82. The van der Waals surface area contributed by atoms with Gasteiger partial charge in [-0.3, -0.25) is 14.6 Å². The summed E-state index contributed by atoms with van der Waals surface area (Å²) < 4.78 is 1.07. The van der Waals surface area contributed by atoms with Crippen LogP contribution in [0.15, 0.2) is 48.8 Å². The first kappa shape index (κ1) is 15.1. The highest BCUT2D eigenvalue weighted by Crippen LogP contribution is 2.22. The molecular weight excluding hydrogens is 393 g/mol. The highest BCUT2D eigenvalue weighted by Gasteiger charge is 2.42. The van der Waals surface area contributed by atoms with Crippen molar-refractivity contribution in [2.45, 2.75) is 19.0 Å². The lowest BCUT2D eigenvalue weighted by Gasteiger charge is -2.14. The average molecular weight is 408 g/mol. The smallest absolute Gasteiger partial charge is 0.292 e. The van der Waals surface area contributed by atoms with Crippen LogP contribution < -0.4 is 10.2 Å². The van der Waals surface area contributed by atoms with Crippen LogP contribution in [0.1, 0.15) is 12.0 Å². The summed E-state index contributed by atoms with van der Waals surface area (Å²) in [5, 5.41) is 1.92. The molecule has 1 fully saturated rings. The van der Waals surface area contributed by atoms with Crippen LogP contribution in [0.4, 0.5) is 5.69 Å². The van der Waals surface area contributed by atoms with Gasteiger partial charge in [0.05, 0.1) is 12.1 Å². The molecule has 1 aromatic carbocycles. The number of rotatable bonds is 4. The van der Waals surface area contributed by atoms with E-state index in [-0.39, 0.29) is 24.3 Å². The van der Waals surface area contributed by atoms with E-state index in [2.05, 4.69) is 27.6 Å². The van der Waals surface area contributed by atoms with Crippen molar-refractivity contribution >= 4 is 40.1 Å². The Morgan fingerprint density at radius 1 is 1.14 bits per heavy atom.